The minimum Gasteiger partial charge on any atom is -0.356 e. The highest BCUT2D eigenvalue weighted by molar-refractivity contribution is 5.79. The minimum atomic E-state index is 0.180. The second-order valence-corrected chi connectivity index (χ2v) is 8.13. The first-order valence-corrected chi connectivity index (χ1v) is 9.94. The van der Waals surface area contributed by atoms with Crippen LogP contribution < -0.4 is 5.32 Å². The zero-order valence-corrected chi connectivity index (χ0v) is 15.7. The lowest BCUT2D eigenvalue weighted by Gasteiger charge is -2.38. The molecule has 0 saturated heterocycles. The summed E-state index contributed by atoms with van der Waals surface area (Å²) in [5, 5.41) is 3.22. The Morgan fingerprint density at radius 2 is 2.08 bits per heavy atom. The van der Waals surface area contributed by atoms with Gasteiger partial charge >= 0.3 is 0 Å². The number of hydrogen-bond acceptors (Lipinski definition) is 2. The van der Waals surface area contributed by atoms with Gasteiger partial charge in [0.15, 0.2) is 0 Å². The molecule has 0 aliphatic heterocycles. The van der Waals surface area contributed by atoms with Crippen LogP contribution in [-0.2, 0) is 11.2 Å². The molecule has 0 spiro atoms. The molecule has 1 heterocycles. The van der Waals surface area contributed by atoms with Crippen molar-refractivity contribution in [1.82, 2.24) is 10.3 Å². The molecule has 136 valence electrons. The van der Waals surface area contributed by atoms with Crippen LogP contribution in [0.3, 0.4) is 0 Å². The Balaban J connectivity index is 1.59. The molecule has 25 heavy (non-hydrogen) atoms. The van der Waals surface area contributed by atoms with Gasteiger partial charge in [0.05, 0.1) is 0 Å². The molecule has 1 amide bonds. The van der Waals surface area contributed by atoms with Gasteiger partial charge in [-0.15, -0.1) is 0 Å². The van der Waals surface area contributed by atoms with E-state index in [1.807, 2.05) is 24.5 Å². The number of aromatic nitrogens is 1. The summed E-state index contributed by atoms with van der Waals surface area (Å²) in [5.41, 5.74) is 2.63. The van der Waals surface area contributed by atoms with Crippen LogP contribution in [0.4, 0.5) is 0 Å². The summed E-state index contributed by atoms with van der Waals surface area (Å²) in [4.78, 5) is 17.0. The average molecular weight is 341 g/mol. The third kappa shape index (κ3) is 4.50. The van der Waals surface area contributed by atoms with Crippen LogP contribution in [-0.4, -0.2) is 17.4 Å². The number of carbonyl (C=O) groups excluding carboxylic acids is 1. The molecule has 1 aromatic heterocycles. The molecule has 3 unspecified atom stereocenters. The van der Waals surface area contributed by atoms with E-state index in [-0.39, 0.29) is 11.8 Å². The van der Waals surface area contributed by atoms with E-state index in [0.29, 0.717) is 30.2 Å². The zero-order chi connectivity index (χ0) is 17.8. The van der Waals surface area contributed by atoms with Crippen LogP contribution in [0, 0.1) is 29.6 Å². The maximum atomic E-state index is 12.9. The van der Waals surface area contributed by atoms with Gasteiger partial charge in [0.2, 0.25) is 5.91 Å². The molecule has 1 N–H and O–H groups in total. The lowest BCUT2D eigenvalue weighted by Crippen LogP contribution is -2.42. The topological polar surface area (TPSA) is 42.0 Å². The number of nitrogens with one attached hydrogen (secondary N) is 1. The minimum absolute atomic E-state index is 0.180. The third-order valence-corrected chi connectivity index (χ3v) is 6.35. The molecular weight excluding hydrogens is 308 g/mol. The molecule has 2 saturated carbocycles. The number of hydrogen-bond donors (Lipinski definition) is 1. The van der Waals surface area contributed by atoms with E-state index >= 15 is 0 Å². The highest BCUT2D eigenvalue weighted by atomic mass is 16.1. The second kappa shape index (κ2) is 8.16. The molecule has 2 aliphatic carbocycles. The van der Waals surface area contributed by atoms with E-state index in [9.17, 15) is 4.79 Å². The Morgan fingerprint density at radius 3 is 2.72 bits per heavy atom. The second-order valence-electron chi connectivity index (χ2n) is 8.13. The lowest BCUT2D eigenvalue weighted by molar-refractivity contribution is -0.129. The Kier molecular flexibility index (Phi) is 5.93. The van der Waals surface area contributed by atoms with Crippen LogP contribution in [0.1, 0.15) is 51.5 Å². The molecule has 3 rings (SSSR count). The fraction of sp³-hybridized carbons (Fsp3) is 0.636. The largest absolute Gasteiger partial charge is 0.356 e. The molecule has 3 heteroatoms. The Morgan fingerprint density at radius 1 is 1.36 bits per heavy atom. The highest BCUT2D eigenvalue weighted by Crippen LogP contribution is 2.51. The summed E-state index contributed by atoms with van der Waals surface area (Å²) < 4.78 is 0. The molecule has 5 atom stereocenters. The molecule has 0 bridgehead atoms. The summed E-state index contributed by atoms with van der Waals surface area (Å²) in [6, 6.07) is 4.03. The fourth-order valence-electron chi connectivity index (χ4n) is 4.79. The summed E-state index contributed by atoms with van der Waals surface area (Å²) >= 11 is 0. The monoisotopic (exact) mass is 340 g/mol. The quantitative estimate of drug-likeness (QED) is 0.748. The van der Waals surface area contributed by atoms with Crippen molar-refractivity contribution in [2.75, 3.05) is 6.54 Å². The molecule has 1 aromatic rings. The van der Waals surface area contributed by atoms with E-state index in [1.54, 1.807) is 0 Å². The van der Waals surface area contributed by atoms with Gasteiger partial charge in [0.1, 0.15) is 0 Å². The van der Waals surface area contributed by atoms with Crippen molar-refractivity contribution < 1.29 is 4.79 Å². The predicted octanol–water partition coefficient (Wildman–Crippen LogP) is 4.40. The first-order valence-electron chi connectivity index (χ1n) is 9.94. The van der Waals surface area contributed by atoms with Gasteiger partial charge in [-0.3, -0.25) is 9.78 Å². The Hall–Kier alpha value is -1.64. The van der Waals surface area contributed by atoms with Crippen molar-refractivity contribution >= 4 is 5.91 Å². The van der Waals surface area contributed by atoms with Crippen LogP contribution in [0.2, 0.25) is 0 Å². The van der Waals surface area contributed by atoms with Crippen molar-refractivity contribution in [2.24, 2.45) is 29.6 Å². The zero-order valence-electron chi connectivity index (χ0n) is 15.7. The van der Waals surface area contributed by atoms with Crippen molar-refractivity contribution in [2.45, 2.75) is 52.4 Å². The van der Waals surface area contributed by atoms with Gasteiger partial charge in [-0.25, -0.2) is 0 Å². The number of rotatable bonds is 7. The summed E-state index contributed by atoms with van der Waals surface area (Å²) in [6.07, 6.45) is 10.4. The number of pyridine rings is 1. The number of carbonyl (C=O) groups is 1. The average Bonchev–Trinajstić information content (AvgIpc) is 3.34. The number of allylic oxidation sites excluding steroid dienone is 1. The summed E-state index contributed by atoms with van der Waals surface area (Å²) in [6.45, 7) is 9.47. The van der Waals surface area contributed by atoms with Crippen LogP contribution in [0.5, 0.6) is 0 Å². The van der Waals surface area contributed by atoms with Crippen molar-refractivity contribution in [3.05, 3.63) is 42.2 Å². The lowest BCUT2D eigenvalue weighted by atomic mass is 9.67. The van der Waals surface area contributed by atoms with Crippen molar-refractivity contribution in [1.29, 1.82) is 0 Å². The standard InChI is InChI=1S/C22H32N2O/c1-4-18(20-14-16(20)3)19-6-5-15(2)13-21(19)22(25)24-12-9-17-7-10-23-11-8-17/h7-8,10-11,15,18-21H,3-6,9,12-14H2,1-2H3,(H,24,25)/t15-,18?,19+,20?,21?/m1/s1. The Labute approximate surface area is 152 Å². The number of nitrogens with zero attached hydrogens (tertiary/aromatic N) is 1. The van der Waals surface area contributed by atoms with E-state index in [0.717, 1.165) is 12.8 Å². The third-order valence-electron chi connectivity index (χ3n) is 6.35. The molecular formula is C22H32N2O. The van der Waals surface area contributed by atoms with Crippen molar-refractivity contribution in [3.8, 4) is 0 Å². The van der Waals surface area contributed by atoms with Gasteiger partial charge in [-0.05, 0) is 67.1 Å². The maximum Gasteiger partial charge on any atom is 0.223 e. The van der Waals surface area contributed by atoms with Gasteiger partial charge in [-0.2, -0.15) is 0 Å². The molecule has 2 aliphatic rings. The van der Waals surface area contributed by atoms with Gasteiger partial charge in [-0.1, -0.05) is 38.8 Å². The SMILES string of the molecule is C=C1CC1C(CC)[C@@H]1CC[C@@H](C)CC1C(=O)NCCc1ccncc1. The van der Waals surface area contributed by atoms with E-state index in [4.69, 9.17) is 0 Å². The molecule has 0 aromatic carbocycles. The van der Waals surface area contributed by atoms with E-state index in [2.05, 4.69) is 30.7 Å². The van der Waals surface area contributed by atoms with Crippen molar-refractivity contribution in [3.63, 3.8) is 0 Å². The van der Waals surface area contributed by atoms with Gasteiger partial charge in [0.25, 0.3) is 0 Å². The van der Waals surface area contributed by atoms with E-state index < -0.39 is 0 Å². The van der Waals surface area contributed by atoms with Crippen LogP contribution in [0.25, 0.3) is 0 Å². The molecule has 2 fully saturated rings. The first-order chi connectivity index (χ1) is 12.1. The van der Waals surface area contributed by atoms with Gasteiger partial charge in [0, 0.05) is 24.9 Å². The molecule has 3 nitrogen and oxygen atoms in total. The summed E-state index contributed by atoms with van der Waals surface area (Å²) in [7, 11) is 0. The van der Waals surface area contributed by atoms with Gasteiger partial charge < -0.3 is 5.32 Å². The number of amides is 1. The normalized spacial score (nSPS) is 29.9. The highest BCUT2D eigenvalue weighted by Gasteiger charge is 2.44. The fourth-order valence-corrected chi connectivity index (χ4v) is 4.79. The van der Waals surface area contributed by atoms with E-state index in [1.165, 1.54) is 36.8 Å². The van der Waals surface area contributed by atoms with Crippen LogP contribution >= 0.6 is 0 Å². The summed E-state index contributed by atoms with van der Waals surface area (Å²) in [5.74, 6) is 2.97. The molecule has 0 radical (unpaired) electrons. The maximum absolute atomic E-state index is 12.9. The Bertz CT molecular complexity index is 597. The predicted molar refractivity (Wildman–Crippen MR) is 102 cm³/mol. The smallest absolute Gasteiger partial charge is 0.223 e. The first kappa shape index (κ1) is 18.2. The van der Waals surface area contributed by atoms with Crippen LogP contribution in [0.15, 0.2) is 36.7 Å².